The molecule has 2 unspecified atom stereocenters. The van der Waals surface area contributed by atoms with Gasteiger partial charge in [0.05, 0.1) is 24.0 Å². The topological polar surface area (TPSA) is 127 Å². The summed E-state index contributed by atoms with van der Waals surface area (Å²) in [4.78, 5) is 12.7. The third-order valence-electron chi connectivity index (χ3n) is 6.55. The highest BCUT2D eigenvalue weighted by Crippen LogP contribution is 2.44. The molecule has 0 bridgehead atoms. The van der Waals surface area contributed by atoms with Gasteiger partial charge in [0, 0.05) is 25.3 Å². The number of hydrogen-bond donors (Lipinski definition) is 4. The van der Waals surface area contributed by atoms with E-state index in [1.165, 1.54) is 0 Å². The lowest BCUT2D eigenvalue weighted by Gasteiger charge is -2.21. The number of halogens is 5. The third kappa shape index (κ3) is 6.12. The summed E-state index contributed by atoms with van der Waals surface area (Å²) in [7, 11) is 0. The van der Waals surface area contributed by atoms with Gasteiger partial charge in [0.15, 0.2) is 5.82 Å². The van der Waals surface area contributed by atoms with Crippen molar-refractivity contribution in [3.05, 3.63) is 28.8 Å². The highest BCUT2D eigenvalue weighted by atomic mass is 19.4. The number of nitrogens with two attached hydrogens (primary N) is 1. The number of alkyl halides is 3. The number of aliphatic hydroxyl groups excluding tert-OH is 1. The number of nitrogens with zero attached hydrogens (tertiary/aromatic N) is 3. The van der Waals surface area contributed by atoms with Crippen LogP contribution in [0.25, 0.3) is 22.2 Å². The number of pyridine rings is 1. The number of benzene rings is 1. The molecule has 0 spiro atoms. The van der Waals surface area contributed by atoms with Gasteiger partial charge in [0.2, 0.25) is 5.88 Å². The van der Waals surface area contributed by atoms with E-state index in [0.29, 0.717) is 38.5 Å². The van der Waals surface area contributed by atoms with E-state index < -0.39 is 57.5 Å². The van der Waals surface area contributed by atoms with Crippen LogP contribution in [0.3, 0.4) is 0 Å². The predicted molar refractivity (Wildman–Crippen MR) is 139 cm³/mol. The Labute approximate surface area is 227 Å². The summed E-state index contributed by atoms with van der Waals surface area (Å²) < 4.78 is 84.9. The maximum Gasteiger partial charge on any atom is 0.417 e. The summed E-state index contributed by atoms with van der Waals surface area (Å²) >= 11 is 0. The van der Waals surface area contributed by atoms with Crippen molar-refractivity contribution >= 4 is 22.4 Å². The van der Waals surface area contributed by atoms with Gasteiger partial charge in [-0.2, -0.15) is 23.1 Å². The minimum Gasteiger partial charge on any atom is -0.474 e. The minimum absolute atomic E-state index is 0.0196. The van der Waals surface area contributed by atoms with Crippen molar-refractivity contribution in [2.75, 3.05) is 43.9 Å². The van der Waals surface area contributed by atoms with E-state index in [-0.39, 0.29) is 42.2 Å². The smallest absolute Gasteiger partial charge is 0.417 e. The van der Waals surface area contributed by atoms with Crippen LogP contribution in [-0.2, 0) is 6.18 Å². The van der Waals surface area contributed by atoms with Gasteiger partial charge < -0.3 is 30.9 Å². The molecule has 4 rings (SSSR count). The largest absolute Gasteiger partial charge is 0.474 e. The van der Waals surface area contributed by atoms with Crippen LogP contribution >= 0.6 is 0 Å². The molecule has 0 amide bonds. The van der Waals surface area contributed by atoms with Crippen molar-refractivity contribution in [2.24, 2.45) is 5.92 Å². The molecule has 40 heavy (non-hydrogen) atoms. The lowest BCUT2D eigenvalue weighted by molar-refractivity contribution is -0.137. The van der Waals surface area contributed by atoms with Crippen molar-refractivity contribution in [2.45, 2.75) is 45.9 Å². The maximum absolute atomic E-state index is 16.3. The maximum atomic E-state index is 16.3. The molecule has 1 aliphatic heterocycles. The zero-order valence-electron chi connectivity index (χ0n) is 22.3. The van der Waals surface area contributed by atoms with Crippen molar-refractivity contribution in [3.8, 4) is 23.1 Å². The summed E-state index contributed by atoms with van der Waals surface area (Å²) in [5, 5.41) is 15.5. The summed E-state index contributed by atoms with van der Waals surface area (Å²) in [6, 6.07) is 0.477. The Hall–Kier alpha value is -3.52. The SMILES string of the molecule is Cc1c(F)c(N)cc(-c2nc3c4c(nc(OCC(C)CCO)nc4c2F)NCCNCCC(C)O3)c1C(F)(F)F. The molecule has 2 aromatic heterocycles. The van der Waals surface area contributed by atoms with Gasteiger partial charge in [0.1, 0.15) is 28.2 Å². The first-order valence-corrected chi connectivity index (χ1v) is 12.8. The number of hydrogen-bond acceptors (Lipinski definition) is 9. The van der Waals surface area contributed by atoms with Crippen LogP contribution < -0.4 is 25.8 Å². The molecule has 5 N–H and O–H groups in total. The first kappa shape index (κ1) is 29.5. The number of nitrogen functional groups attached to an aromatic ring is 1. The van der Waals surface area contributed by atoms with E-state index >= 15 is 4.39 Å². The molecule has 14 heteroatoms. The molecule has 0 aliphatic carbocycles. The lowest BCUT2D eigenvalue weighted by atomic mass is 9.96. The van der Waals surface area contributed by atoms with Gasteiger partial charge in [-0.1, -0.05) is 6.92 Å². The number of aromatic nitrogens is 3. The van der Waals surface area contributed by atoms with Crippen molar-refractivity contribution < 1.29 is 36.5 Å². The molecule has 1 aliphatic rings. The minimum atomic E-state index is -5.05. The van der Waals surface area contributed by atoms with Crippen LogP contribution in [0.4, 0.5) is 33.5 Å². The van der Waals surface area contributed by atoms with Crippen molar-refractivity contribution in [1.29, 1.82) is 0 Å². The van der Waals surface area contributed by atoms with E-state index in [9.17, 15) is 22.7 Å². The highest BCUT2D eigenvalue weighted by molar-refractivity contribution is 5.96. The molecule has 0 saturated carbocycles. The Bertz CT molecular complexity index is 1390. The number of nitrogens with one attached hydrogen (secondary N) is 2. The molecule has 2 atom stereocenters. The average molecular weight is 571 g/mol. The second-order valence-electron chi connectivity index (χ2n) is 9.81. The Morgan fingerprint density at radius 2 is 1.93 bits per heavy atom. The fourth-order valence-corrected chi connectivity index (χ4v) is 4.42. The summed E-state index contributed by atoms with van der Waals surface area (Å²) in [6.45, 7) is 6.00. The number of ether oxygens (including phenoxy) is 2. The Morgan fingerprint density at radius 3 is 2.62 bits per heavy atom. The Kier molecular flexibility index (Phi) is 8.78. The van der Waals surface area contributed by atoms with Crippen LogP contribution in [0.5, 0.6) is 11.9 Å². The molecular weight excluding hydrogens is 539 g/mol. The Balaban J connectivity index is 2.02. The van der Waals surface area contributed by atoms with E-state index in [4.69, 9.17) is 15.2 Å². The van der Waals surface area contributed by atoms with Crippen LogP contribution in [0.1, 0.15) is 37.8 Å². The third-order valence-corrected chi connectivity index (χ3v) is 6.55. The van der Waals surface area contributed by atoms with Gasteiger partial charge in [-0.15, -0.1) is 0 Å². The molecule has 9 nitrogen and oxygen atoms in total. The highest BCUT2D eigenvalue weighted by Gasteiger charge is 2.39. The zero-order chi connectivity index (χ0) is 29.2. The van der Waals surface area contributed by atoms with E-state index in [2.05, 4.69) is 25.6 Å². The van der Waals surface area contributed by atoms with E-state index in [0.717, 1.165) is 6.92 Å². The lowest BCUT2D eigenvalue weighted by Crippen LogP contribution is -2.26. The Morgan fingerprint density at radius 1 is 1.18 bits per heavy atom. The van der Waals surface area contributed by atoms with Crippen LogP contribution in [-0.4, -0.2) is 59.0 Å². The van der Waals surface area contributed by atoms with Gasteiger partial charge in [0.25, 0.3) is 0 Å². The van der Waals surface area contributed by atoms with Crippen molar-refractivity contribution in [1.82, 2.24) is 20.3 Å². The van der Waals surface area contributed by atoms with Crippen LogP contribution in [0.2, 0.25) is 0 Å². The second kappa shape index (κ2) is 11.9. The molecule has 3 heterocycles. The number of aliphatic hydroxyl groups is 1. The van der Waals surface area contributed by atoms with Crippen LogP contribution in [0.15, 0.2) is 6.07 Å². The number of rotatable bonds is 6. The fraction of sp³-hybridized carbons (Fsp3) is 0.500. The molecule has 0 fully saturated rings. The summed E-state index contributed by atoms with van der Waals surface area (Å²) in [5.74, 6) is -2.63. The van der Waals surface area contributed by atoms with Gasteiger partial charge >= 0.3 is 12.2 Å². The van der Waals surface area contributed by atoms with Gasteiger partial charge in [-0.3, -0.25) is 0 Å². The predicted octanol–water partition coefficient (Wildman–Crippen LogP) is 4.45. The number of anilines is 2. The monoisotopic (exact) mass is 570 g/mol. The first-order valence-electron chi connectivity index (χ1n) is 12.8. The quantitative estimate of drug-likeness (QED) is 0.251. The first-order chi connectivity index (χ1) is 18.9. The van der Waals surface area contributed by atoms with Gasteiger partial charge in [-0.05, 0) is 50.8 Å². The zero-order valence-corrected chi connectivity index (χ0v) is 22.3. The molecule has 0 saturated heterocycles. The second-order valence-corrected chi connectivity index (χ2v) is 9.81. The van der Waals surface area contributed by atoms with Gasteiger partial charge in [-0.25, -0.2) is 13.8 Å². The standard InChI is InChI=1S/C26H31F5N6O3/c1-12(5-9-38)11-39-25-36-22-17-23(37-25)34-8-7-33-6-4-13(2)40-24(17)35-21(20(22)28)15-10-16(32)19(27)14(3)18(15)26(29,30)31/h10,12-13,33,38H,4-9,11,32H2,1-3H3,(H,34,36,37). The molecule has 1 aromatic carbocycles. The molecule has 218 valence electrons. The average Bonchev–Trinajstić information content (AvgIpc) is 2.91. The van der Waals surface area contributed by atoms with Crippen LogP contribution in [0, 0.1) is 24.5 Å². The normalized spacial score (nSPS) is 17.1. The molecule has 3 aromatic rings. The summed E-state index contributed by atoms with van der Waals surface area (Å²) in [6.07, 6.45) is -4.56. The fourth-order valence-electron chi connectivity index (χ4n) is 4.42. The van der Waals surface area contributed by atoms with E-state index in [1.807, 2.05) is 6.92 Å². The molecule has 0 radical (unpaired) electrons. The molecular formula is C26H31F5N6O3. The van der Waals surface area contributed by atoms with Crippen molar-refractivity contribution in [3.63, 3.8) is 0 Å². The summed E-state index contributed by atoms with van der Waals surface area (Å²) in [5.41, 5.74) is 0.982. The van der Waals surface area contributed by atoms with E-state index in [1.54, 1.807) is 6.92 Å².